The molecule has 0 amide bonds. The Hall–Kier alpha value is -0.580. The highest BCUT2D eigenvalue weighted by Crippen LogP contribution is 2.28. The van der Waals surface area contributed by atoms with Crippen molar-refractivity contribution in [2.24, 2.45) is 0 Å². The van der Waals surface area contributed by atoms with Crippen molar-refractivity contribution in [2.45, 2.75) is 43.9 Å². The van der Waals surface area contributed by atoms with Crippen molar-refractivity contribution in [3.05, 3.63) is 18.5 Å². The molecular weight excluding hydrogens is 261 g/mol. The van der Waals surface area contributed by atoms with Crippen molar-refractivity contribution in [1.82, 2.24) is 15.3 Å². The van der Waals surface area contributed by atoms with Crippen LogP contribution in [0.15, 0.2) is 18.5 Å². The second-order valence-corrected chi connectivity index (χ2v) is 4.38. The maximum atomic E-state index is 5.77. The number of hydrogen-bond acceptors (Lipinski definition) is 4. The molecular formula is C11H17Cl2N3O. The fourth-order valence-electron chi connectivity index (χ4n) is 2.60. The highest BCUT2D eigenvalue weighted by Gasteiger charge is 2.34. The average Bonchev–Trinajstić information content (AvgIpc) is 2.60. The minimum Gasteiger partial charge on any atom is -0.460 e. The molecule has 2 bridgehead atoms. The van der Waals surface area contributed by atoms with Crippen LogP contribution in [0.25, 0.3) is 0 Å². The third-order valence-corrected chi connectivity index (χ3v) is 3.24. The Morgan fingerprint density at radius 3 is 2.24 bits per heavy atom. The molecule has 3 heterocycles. The molecule has 96 valence electrons. The van der Waals surface area contributed by atoms with E-state index in [1.165, 1.54) is 12.8 Å². The molecule has 4 nitrogen and oxygen atoms in total. The molecule has 2 saturated heterocycles. The van der Waals surface area contributed by atoms with Crippen molar-refractivity contribution in [2.75, 3.05) is 0 Å². The Bertz CT molecular complexity index is 327. The largest absolute Gasteiger partial charge is 0.460 e. The van der Waals surface area contributed by atoms with E-state index in [1.807, 2.05) is 0 Å². The number of halogens is 2. The van der Waals surface area contributed by atoms with Gasteiger partial charge < -0.3 is 10.1 Å². The molecule has 1 N–H and O–H groups in total. The fourth-order valence-corrected chi connectivity index (χ4v) is 2.60. The van der Waals surface area contributed by atoms with E-state index in [0.717, 1.165) is 12.8 Å². The van der Waals surface area contributed by atoms with Gasteiger partial charge in [-0.1, -0.05) is 0 Å². The summed E-state index contributed by atoms with van der Waals surface area (Å²) in [6.45, 7) is 0. The van der Waals surface area contributed by atoms with Crippen LogP contribution >= 0.6 is 24.8 Å². The molecule has 0 radical (unpaired) electrons. The summed E-state index contributed by atoms with van der Waals surface area (Å²) in [5.41, 5.74) is 0. The predicted molar refractivity (Wildman–Crippen MR) is 70.1 cm³/mol. The Morgan fingerprint density at radius 1 is 1.06 bits per heavy atom. The van der Waals surface area contributed by atoms with Crippen LogP contribution in [0.4, 0.5) is 0 Å². The van der Waals surface area contributed by atoms with Crippen LogP contribution in [-0.4, -0.2) is 28.2 Å². The number of rotatable bonds is 2. The van der Waals surface area contributed by atoms with Gasteiger partial charge in [0.25, 0.3) is 0 Å². The summed E-state index contributed by atoms with van der Waals surface area (Å²) in [6.07, 6.45) is 8.51. The third-order valence-electron chi connectivity index (χ3n) is 3.24. The molecule has 6 heteroatoms. The van der Waals surface area contributed by atoms with Crippen molar-refractivity contribution in [3.63, 3.8) is 0 Å². The molecule has 1 unspecified atom stereocenters. The maximum Gasteiger partial charge on any atom is 0.316 e. The van der Waals surface area contributed by atoms with Gasteiger partial charge in [0.05, 0.1) is 0 Å². The molecule has 0 aliphatic carbocycles. The molecule has 3 rings (SSSR count). The van der Waals surface area contributed by atoms with E-state index in [0.29, 0.717) is 24.2 Å². The van der Waals surface area contributed by atoms with Crippen LogP contribution in [0, 0.1) is 0 Å². The first kappa shape index (κ1) is 14.5. The molecule has 0 aromatic carbocycles. The van der Waals surface area contributed by atoms with Gasteiger partial charge in [-0.25, -0.2) is 9.97 Å². The van der Waals surface area contributed by atoms with E-state index >= 15 is 0 Å². The number of piperidine rings is 1. The predicted octanol–water partition coefficient (Wildman–Crippen LogP) is 1.98. The summed E-state index contributed by atoms with van der Waals surface area (Å²) in [4.78, 5) is 8.18. The van der Waals surface area contributed by atoms with Crippen LogP contribution in [0.3, 0.4) is 0 Å². The van der Waals surface area contributed by atoms with Crippen LogP contribution < -0.4 is 10.1 Å². The van der Waals surface area contributed by atoms with Gasteiger partial charge in [-0.3, -0.25) is 0 Å². The Balaban J connectivity index is 0.000000722. The van der Waals surface area contributed by atoms with E-state index in [2.05, 4.69) is 15.3 Å². The van der Waals surface area contributed by atoms with Gasteiger partial charge in [0, 0.05) is 24.5 Å². The van der Waals surface area contributed by atoms with Gasteiger partial charge >= 0.3 is 6.01 Å². The maximum absolute atomic E-state index is 5.77. The highest BCUT2D eigenvalue weighted by molar-refractivity contribution is 5.85. The molecule has 2 aliphatic heterocycles. The zero-order valence-corrected chi connectivity index (χ0v) is 11.0. The lowest BCUT2D eigenvalue weighted by molar-refractivity contribution is 0.126. The third kappa shape index (κ3) is 3.44. The Labute approximate surface area is 113 Å². The number of ether oxygens (including phenoxy) is 1. The van der Waals surface area contributed by atoms with Gasteiger partial charge in [-0.05, 0) is 31.7 Å². The molecule has 17 heavy (non-hydrogen) atoms. The second-order valence-electron chi connectivity index (χ2n) is 4.38. The van der Waals surface area contributed by atoms with Gasteiger partial charge in [-0.15, -0.1) is 24.8 Å². The molecule has 2 fully saturated rings. The van der Waals surface area contributed by atoms with Crippen LogP contribution in [0.5, 0.6) is 6.01 Å². The first-order valence-electron chi connectivity index (χ1n) is 5.60. The van der Waals surface area contributed by atoms with Gasteiger partial charge in [0.1, 0.15) is 6.10 Å². The number of nitrogens with zero attached hydrogens (tertiary/aromatic N) is 2. The van der Waals surface area contributed by atoms with Crippen molar-refractivity contribution >= 4 is 24.8 Å². The van der Waals surface area contributed by atoms with E-state index in [4.69, 9.17) is 4.74 Å². The normalized spacial score (nSPS) is 30.0. The molecule has 1 aromatic heterocycles. The number of aromatic nitrogens is 2. The lowest BCUT2D eigenvalue weighted by Gasteiger charge is -2.28. The lowest BCUT2D eigenvalue weighted by atomic mass is 10.0. The average molecular weight is 278 g/mol. The van der Waals surface area contributed by atoms with Gasteiger partial charge in [0.2, 0.25) is 0 Å². The minimum atomic E-state index is 0. The summed E-state index contributed by atoms with van der Waals surface area (Å²) in [5.74, 6) is 0. The van der Waals surface area contributed by atoms with Crippen LogP contribution in [0.2, 0.25) is 0 Å². The summed E-state index contributed by atoms with van der Waals surface area (Å²) < 4.78 is 5.77. The summed E-state index contributed by atoms with van der Waals surface area (Å²) >= 11 is 0. The SMILES string of the molecule is Cl.Cl.c1cnc(OC2C[C@H]3CC[C@@H](C2)N3)nc1. The number of fused-ring (bicyclic) bond motifs is 2. The second kappa shape index (κ2) is 6.38. The Kier molecular flexibility index (Phi) is 5.43. The topological polar surface area (TPSA) is 47.0 Å². The van der Waals surface area contributed by atoms with E-state index in [9.17, 15) is 0 Å². The fraction of sp³-hybridized carbons (Fsp3) is 0.636. The van der Waals surface area contributed by atoms with E-state index < -0.39 is 0 Å². The first-order valence-corrected chi connectivity index (χ1v) is 5.60. The molecule has 2 aliphatic rings. The zero-order chi connectivity index (χ0) is 10.1. The quantitative estimate of drug-likeness (QED) is 0.898. The van der Waals surface area contributed by atoms with Crippen LogP contribution in [0.1, 0.15) is 25.7 Å². The van der Waals surface area contributed by atoms with Gasteiger partial charge in [0.15, 0.2) is 0 Å². The molecule has 0 spiro atoms. The van der Waals surface area contributed by atoms with Crippen molar-refractivity contribution < 1.29 is 4.74 Å². The summed E-state index contributed by atoms with van der Waals surface area (Å²) in [5, 5.41) is 3.59. The molecule has 3 atom stereocenters. The smallest absolute Gasteiger partial charge is 0.316 e. The van der Waals surface area contributed by atoms with Crippen LogP contribution in [-0.2, 0) is 0 Å². The van der Waals surface area contributed by atoms with Crippen molar-refractivity contribution in [1.29, 1.82) is 0 Å². The van der Waals surface area contributed by atoms with Gasteiger partial charge in [-0.2, -0.15) is 0 Å². The van der Waals surface area contributed by atoms with E-state index in [-0.39, 0.29) is 24.8 Å². The zero-order valence-electron chi connectivity index (χ0n) is 9.41. The van der Waals surface area contributed by atoms with E-state index in [1.54, 1.807) is 18.5 Å². The lowest BCUT2D eigenvalue weighted by Crippen LogP contribution is -2.42. The highest BCUT2D eigenvalue weighted by atomic mass is 35.5. The number of nitrogens with one attached hydrogen (secondary N) is 1. The van der Waals surface area contributed by atoms with Crippen molar-refractivity contribution in [3.8, 4) is 6.01 Å². The standard InChI is InChI=1S/C11H15N3O.2ClH/c1-4-12-11(13-5-1)15-10-6-8-2-3-9(7-10)14-8;;/h1,4-5,8-10,14H,2-3,6-7H2;2*1H/t8-,9+,10?;;. The molecule has 0 saturated carbocycles. The monoisotopic (exact) mass is 277 g/mol. The Morgan fingerprint density at radius 2 is 1.65 bits per heavy atom. The number of hydrogen-bond donors (Lipinski definition) is 1. The summed E-state index contributed by atoms with van der Waals surface area (Å²) in [7, 11) is 0. The summed E-state index contributed by atoms with van der Waals surface area (Å²) in [6, 6.07) is 3.62. The minimum absolute atomic E-state index is 0. The first-order chi connectivity index (χ1) is 7.40. The molecule has 1 aromatic rings.